The van der Waals surface area contributed by atoms with Crippen molar-refractivity contribution in [3.63, 3.8) is 0 Å². The van der Waals surface area contributed by atoms with E-state index in [-0.39, 0.29) is 17.4 Å². The van der Waals surface area contributed by atoms with Gasteiger partial charge in [-0.2, -0.15) is 5.10 Å². The highest BCUT2D eigenvalue weighted by Crippen LogP contribution is 2.24. The molecular weight excluding hydrogens is 302 g/mol. The first-order chi connectivity index (χ1) is 11.2. The SMILES string of the molecule is Cc1n[nH]c(C)c1[C@H](C)C(=O)NCc1ccccc1OC(C)(C)C. The molecular formula is C19H27N3O2. The van der Waals surface area contributed by atoms with Gasteiger partial charge >= 0.3 is 0 Å². The summed E-state index contributed by atoms with van der Waals surface area (Å²) < 4.78 is 5.97. The van der Waals surface area contributed by atoms with Gasteiger partial charge in [0.2, 0.25) is 5.91 Å². The molecule has 0 radical (unpaired) electrons. The number of hydrogen-bond donors (Lipinski definition) is 2. The van der Waals surface area contributed by atoms with Gasteiger partial charge in [-0.15, -0.1) is 0 Å². The molecule has 1 heterocycles. The first-order valence-corrected chi connectivity index (χ1v) is 8.25. The van der Waals surface area contributed by atoms with Gasteiger partial charge in [-0.3, -0.25) is 9.89 Å². The molecule has 5 heteroatoms. The molecule has 0 bridgehead atoms. The molecule has 0 unspecified atom stereocenters. The van der Waals surface area contributed by atoms with Crippen molar-refractivity contribution in [2.45, 2.75) is 59.6 Å². The normalized spacial score (nSPS) is 12.8. The van der Waals surface area contributed by atoms with Crippen molar-refractivity contribution in [2.75, 3.05) is 0 Å². The first kappa shape index (κ1) is 18.0. The van der Waals surface area contributed by atoms with Crippen LogP contribution in [0.4, 0.5) is 0 Å². The Morgan fingerprint density at radius 3 is 2.54 bits per heavy atom. The highest BCUT2D eigenvalue weighted by Gasteiger charge is 2.21. The molecule has 24 heavy (non-hydrogen) atoms. The monoisotopic (exact) mass is 329 g/mol. The Morgan fingerprint density at radius 1 is 1.29 bits per heavy atom. The van der Waals surface area contributed by atoms with Crippen LogP contribution in [-0.4, -0.2) is 21.7 Å². The second kappa shape index (κ2) is 7.07. The largest absolute Gasteiger partial charge is 0.488 e. The second-order valence-corrected chi connectivity index (χ2v) is 7.11. The Morgan fingerprint density at radius 2 is 1.96 bits per heavy atom. The van der Waals surface area contributed by atoms with Gasteiger partial charge < -0.3 is 10.1 Å². The molecule has 0 aliphatic carbocycles. The van der Waals surface area contributed by atoms with E-state index in [2.05, 4.69) is 15.5 Å². The molecule has 2 aromatic rings. The fourth-order valence-electron chi connectivity index (χ4n) is 2.74. The van der Waals surface area contributed by atoms with Crippen LogP contribution in [0.5, 0.6) is 5.75 Å². The Balaban J connectivity index is 2.07. The molecule has 0 fully saturated rings. The molecule has 1 aromatic heterocycles. The molecule has 130 valence electrons. The van der Waals surface area contributed by atoms with Gasteiger partial charge in [0, 0.05) is 23.4 Å². The topological polar surface area (TPSA) is 67.0 Å². The number of hydrogen-bond acceptors (Lipinski definition) is 3. The van der Waals surface area contributed by atoms with Gasteiger partial charge in [0.15, 0.2) is 0 Å². The van der Waals surface area contributed by atoms with E-state index in [9.17, 15) is 4.79 Å². The summed E-state index contributed by atoms with van der Waals surface area (Å²) >= 11 is 0. The number of rotatable bonds is 5. The first-order valence-electron chi connectivity index (χ1n) is 8.25. The van der Waals surface area contributed by atoms with E-state index in [4.69, 9.17) is 4.74 Å². The maximum absolute atomic E-state index is 12.5. The van der Waals surface area contributed by atoms with Gasteiger partial charge in [-0.25, -0.2) is 0 Å². The maximum atomic E-state index is 12.5. The van der Waals surface area contributed by atoms with E-state index in [1.807, 2.05) is 65.8 Å². The van der Waals surface area contributed by atoms with Crippen molar-refractivity contribution in [2.24, 2.45) is 0 Å². The molecule has 0 saturated heterocycles. The zero-order valence-corrected chi connectivity index (χ0v) is 15.4. The number of aryl methyl sites for hydroxylation is 2. The van der Waals surface area contributed by atoms with Crippen LogP contribution < -0.4 is 10.1 Å². The van der Waals surface area contributed by atoms with Crippen molar-refractivity contribution >= 4 is 5.91 Å². The molecule has 0 saturated carbocycles. The van der Waals surface area contributed by atoms with Crippen LogP contribution in [0.3, 0.4) is 0 Å². The Labute approximate surface area is 143 Å². The van der Waals surface area contributed by atoms with Crippen molar-refractivity contribution in [3.8, 4) is 5.75 Å². The third-order valence-electron chi connectivity index (χ3n) is 3.85. The van der Waals surface area contributed by atoms with Crippen LogP contribution in [0.1, 0.15) is 56.1 Å². The third-order valence-corrected chi connectivity index (χ3v) is 3.85. The number of amides is 1. The lowest BCUT2D eigenvalue weighted by Gasteiger charge is -2.23. The van der Waals surface area contributed by atoms with Crippen LogP contribution in [0.25, 0.3) is 0 Å². The molecule has 2 rings (SSSR count). The fraction of sp³-hybridized carbons (Fsp3) is 0.474. The summed E-state index contributed by atoms with van der Waals surface area (Å²) in [6, 6.07) is 7.79. The van der Waals surface area contributed by atoms with E-state index in [1.165, 1.54) is 0 Å². The van der Waals surface area contributed by atoms with E-state index < -0.39 is 0 Å². The Bertz CT molecular complexity index is 694. The molecule has 1 aromatic carbocycles. The number of nitrogens with zero attached hydrogens (tertiary/aromatic N) is 1. The highest BCUT2D eigenvalue weighted by molar-refractivity contribution is 5.83. The van der Waals surface area contributed by atoms with Gasteiger partial charge in [0.1, 0.15) is 11.4 Å². The highest BCUT2D eigenvalue weighted by atomic mass is 16.5. The summed E-state index contributed by atoms with van der Waals surface area (Å²) in [6.45, 7) is 12.2. The molecule has 0 aliphatic rings. The van der Waals surface area contributed by atoms with Gasteiger partial charge in [0.05, 0.1) is 11.6 Å². The molecule has 0 aliphatic heterocycles. The van der Waals surface area contributed by atoms with Crippen molar-refractivity contribution in [3.05, 3.63) is 46.8 Å². The average molecular weight is 329 g/mol. The minimum atomic E-state index is -0.279. The molecule has 5 nitrogen and oxygen atoms in total. The summed E-state index contributed by atoms with van der Waals surface area (Å²) in [6.07, 6.45) is 0. The lowest BCUT2D eigenvalue weighted by atomic mass is 9.98. The summed E-state index contributed by atoms with van der Waals surface area (Å²) in [5.41, 5.74) is 3.46. The number of carbonyl (C=O) groups is 1. The average Bonchev–Trinajstić information content (AvgIpc) is 2.83. The third kappa shape index (κ3) is 4.37. The van der Waals surface area contributed by atoms with Crippen LogP contribution >= 0.6 is 0 Å². The van der Waals surface area contributed by atoms with Crippen molar-refractivity contribution < 1.29 is 9.53 Å². The molecule has 0 spiro atoms. The predicted octanol–water partition coefficient (Wildman–Crippen LogP) is 3.62. The lowest BCUT2D eigenvalue weighted by molar-refractivity contribution is -0.122. The van der Waals surface area contributed by atoms with Crippen LogP contribution in [0, 0.1) is 13.8 Å². The van der Waals surface area contributed by atoms with Crippen molar-refractivity contribution in [1.82, 2.24) is 15.5 Å². The van der Waals surface area contributed by atoms with E-state index >= 15 is 0 Å². The Hall–Kier alpha value is -2.30. The molecule has 1 amide bonds. The zero-order chi connectivity index (χ0) is 17.9. The number of aromatic amines is 1. The number of nitrogens with one attached hydrogen (secondary N) is 2. The number of carbonyl (C=O) groups excluding carboxylic acids is 1. The minimum Gasteiger partial charge on any atom is -0.488 e. The van der Waals surface area contributed by atoms with Crippen LogP contribution in [0.2, 0.25) is 0 Å². The van der Waals surface area contributed by atoms with E-state index in [0.29, 0.717) is 6.54 Å². The lowest BCUT2D eigenvalue weighted by Crippen LogP contribution is -2.29. The van der Waals surface area contributed by atoms with Gasteiger partial charge in [0.25, 0.3) is 0 Å². The number of para-hydroxylation sites is 1. The second-order valence-electron chi connectivity index (χ2n) is 7.11. The summed E-state index contributed by atoms with van der Waals surface area (Å²) in [4.78, 5) is 12.5. The number of aromatic nitrogens is 2. The van der Waals surface area contributed by atoms with Crippen LogP contribution in [-0.2, 0) is 11.3 Å². The Kier molecular flexibility index (Phi) is 5.32. The molecule has 1 atom stereocenters. The summed E-state index contributed by atoms with van der Waals surface area (Å²) in [7, 11) is 0. The fourth-order valence-corrected chi connectivity index (χ4v) is 2.74. The standard InChI is InChI=1S/C19H27N3O2/c1-12(17-13(2)21-22-14(17)3)18(23)20-11-15-9-7-8-10-16(15)24-19(4,5)6/h7-10,12H,11H2,1-6H3,(H,20,23)(H,21,22)/t12-/m0/s1. The smallest absolute Gasteiger partial charge is 0.227 e. The number of ether oxygens (including phenoxy) is 1. The number of benzene rings is 1. The minimum absolute atomic E-state index is 0.0202. The summed E-state index contributed by atoms with van der Waals surface area (Å²) in [5.74, 6) is 0.529. The van der Waals surface area contributed by atoms with Gasteiger partial charge in [-0.1, -0.05) is 18.2 Å². The molecule has 2 N–H and O–H groups in total. The summed E-state index contributed by atoms with van der Waals surface area (Å²) in [5, 5.41) is 10.1. The maximum Gasteiger partial charge on any atom is 0.227 e. The zero-order valence-electron chi connectivity index (χ0n) is 15.4. The van der Waals surface area contributed by atoms with Crippen LogP contribution in [0.15, 0.2) is 24.3 Å². The van der Waals surface area contributed by atoms with E-state index in [1.54, 1.807) is 0 Å². The van der Waals surface area contributed by atoms with Gasteiger partial charge in [-0.05, 0) is 47.6 Å². The van der Waals surface area contributed by atoms with Crippen molar-refractivity contribution in [1.29, 1.82) is 0 Å². The predicted molar refractivity (Wildman–Crippen MR) is 95.1 cm³/mol. The quantitative estimate of drug-likeness (QED) is 0.880. The number of H-pyrrole nitrogens is 1. The van der Waals surface area contributed by atoms with E-state index in [0.717, 1.165) is 28.3 Å².